The summed E-state index contributed by atoms with van der Waals surface area (Å²) >= 11 is 11.8. The van der Waals surface area contributed by atoms with Crippen molar-refractivity contribution in [3.63, 3.8) is 0 Å². The molecule has 5 heteroatoms. The molecule has 0 saturated heterocycles. The molecular weight excluding hydrogens is 273 g/mol. The number of aliphatic hydroxyl groups excluding tert-OH is 1. The van der Waals surface area contributed by atoms with E-state index < -0.39 is 6.10 Å². The van der Waals surface area contributed by atoms with Gasteiger partial charge in [0.25, 0.3) is 0 Å². The first-order valence-corrected chi connectivity index (χ1v) is 6.54. The van der Waals surface area contributed by atoms with Gasteiger partial charge in [0.2, 0.25) is 0 Å². The van der Waals surface area contributed by atoms with Crippen LogP contribution in [-0.2, 0) is 4.74 Å². The molecule has 0 bridgehead atoms. The lowest BCUT2D eigenvalue weighted by atomic mass is 10.2. The fraction of sp³-hybridized carbons (Fsp3) is 0.538. The molecule has 0 aliphatic rings. The van der Waals surface area contributed by atoms with Gasteiger partial charge in [0, 0.05) is 11.6 Å². The normalized spacial score (nSPS) is 13.4. The molecule has 102 valence electrons. The topological polar surface area (TPSA) is 41.5 Å². The lowest BCUT2D eigenvalue weighted by Crippen LogP contribution is -2.30. The SMILES string of the molecule is CC(C)(C)OCC(O)CNc1ccc(Cl)cc1Cl. The third-order valence-electron chi connectivity index (χ3n) is 2.17. The van der Waals surface area contributed by atoms with Gasteiger partial charge in [-0.05, 0) is 39.0 Å². The zero-order valence-electron chi connectivity index (χ0n) is 10.8. The van der Waals surface area contributed by atoms with Crippen molar-refractivity contribution in [1.82, 2.24) is 0 Å². The van der Waals surface area contributed by atoms with Crippen LogP contribution in [0.4, 0.5) is 5.69 Å². The Labute approximate surface area is 118 Å². The maximum Gasteiger partial charge on any atom is 0.0945 e. The lowest BCUT2D eigenvalue weighted by molar-refractivity contribution is -0.0449. The summed E-state index contributed by atoms with van der Waals surface area (Å²) in [6.45, 7) is 6.49. The van der Waals surface area contributed by atoms with Gasteiger partial charge in [0.1, 0.15) is 0 Å². The first-order valence-electron chi connectivity index (χ1n) is 5.79. The van der Waals surface area contributed by atoms with E-state index in [4.69, 9.17) is 27.9 Å². The van der Waals surface area contributed by atoms with Crippen molar-refractivity contribution in [2.24, 2.45) is 0 Å². The Balaban J connectivity index is 2.40. The Morgan fingerprint density at radius 3 is 2.56 bits per heavy atom. The van der Waals surface area contributed by atoms with Crippen molar-refractivity contribution in [1.29, 1.82) is 0 Å². The lowest BCUT2D eigenvalue weighted by Gasteiger charge is -2.22. The van der Waals surface area contributed by atoms with Gasteiger partial charge in [-0.15, -0.1) is 0 Å². The summed E-state index contributed by atoms with van der Waals surface area (Å²) in [6, 6.07) is 5.18. The van der Waals surface area contributed by atoms with Crippen molar-refractivity contribution < 1.29 is 9.84 Å². The molecule has 1 aromatic rings. The average Bonchev–Trinajstić information content (AvgIpc) is 2.24. The van der Waals surface area contributed by atoms with Crippen LogP contribution in [0.25, 0.3) is 0 Å². The molecule has 0 amide bonds. The molecular formula is C13H19Cl2NO2. The van der Waals surface area contributed by atoms with Crippen LogP contribution in [0.1, 0.15) is 20.8 Å². The molecule has 1 atom stereocenters. The third-order valence-corrected chi connectivity index (χ3v) is 2.72. The molecule has 0 heterocycles. The quantitative estimate of drug-likeness (QED) is 0.871. The van der Waals surface area contributed by atoms with Crippen LogP contribution in [0.5, 0.6) is 0 Å². The van der Waals surface area contributed by atoms with E-state index in [-0.39, 0.29) is 12.2 Å². The number of ether oxygens (including phenoxy) is 1. The molecule has 0 aliphatic heterocycles. The summed E-state index contributed by atoms with van der Waals surface area (Å²) in [5.74, 6) is 0. The second-order valence-electron chi connectivity index (χ2n) is 5.08. The van der Waals surface area contributed by atoms with E-state index in [0.717, 1.165) is 5.69 Å². The van der Waals surface area contributed by atoms with Crippen LogP contribution in [0.3, 0.4) is 0 Å². The number of hydrogen-bond acceptors (Lipinski definition) is 3. The van der Waals surface area contributed by atoms with Crippen molar-refractivity contribution in [2.45, 2.75) is 32.5 Å². The van der Waals surface area contributed by atoms with E-state index in [2.05, 4.69) is 5.32 Å². The summed E-state index contributed by atoms with van der Waals surface area (Å²) in [6.07, 6.45) is -0.587. The molecule has 0 aromatic heterocycles. The number of rotatable bonds is 5. The third kappa shape index (κ3) is 5.91. The number of nitrogens with one attached hydrogen (secondary N) is 1. The zero-order valence-corrected chi connectivity index (χ0v) is 12.3. The average molecular weight is 292 g/mol. The molecule has 0 aliphatic carbocycles. The maximum absolute atomic E-state index is 9.76. The Hall–Kier alpha value is -0.480. The van der Waals surface area contributed by atoms with Gasteiger partial charge in [-0.2, -0.15) is 0 Å². The van der Waals surface area contributed by atoms with Gasteiger partial charge in [-0.3, -0.25) is 0 Å². The van der Waals surface area contributed by atoms with Gasteiger partial charge >= 0.3 is 0 Å². The molecule has 3 nitrogen and oxygen atoms in total. The van der Waals surface area contributed by atoms with E-state index in [0.29, 0.717) is 16.6 Å². The summed E-state index contributed by atoms with van der Waals surface area (Å²) in [5, 5.41) is 13.9. The molecule has 2 N–H and O–H groups in total. The minimum atomic E-state index is -0.587. The largest absolute Gasteiger partial charge is 0.389 e. The maximum atomic E-state index is 9.76. The molecule has 0 spiro atoms. The fourth-order valence-electron chi connectivity index (χ4n) is 1.27. The molecule has 0 radical (unpaired) electrons. The molecule has 0 saturated carbocycles. The highest BCUT2D eigenvalue weighted by Gasteiger charge is 2.13. The monoisotopic (exact) mass is 291 g/mol. The van der Waals surface area contributed by atoms with E-state index in [1.807, 2.05) is 20.8 Å². The molecule has 0 fully saturated rings. The Morgan fingerprint density at radius 2 is 2.00 bits per heavy atom. The molecule has 1 rings (SSSR count). The van der Waals surface area contributed by atoms with Crippen LogP contribution in [-0.4, -0.2) is 30.0 Å². The first kappa shape index (κ1) is 15.6. The number of benzene rings is 1. The summed E-state index contributed by atoms with van der Waals surface area (Å²) in [5.41, 5.74) is 0.495. The summed E-state index contributed by atoms with van der Waals surface area (Å²) in [7, 11) is 0. The summed E-state index contributed by atoms with van der Waals surface area (Å²) < 4.78 is 5.48. The Morgan fingerprint density at radius 1 is 1.33 bits per heavy atom. The number of hydrogen-bond donors (Lipinski definition) is 2. The van der Waals surface area contributed by atoms with Crippen molar-refractivity contribution in [3.05, 3.63) is 28.2 Å². The Bertz CT molecular complexity index is 391. The van der Waals surface area contributed by atoms with E-state index >= 15 is 0 Å². The molecule has 1 aromatic carbocycles. The van der Waals surface area contributed by atoms with Crippen molar-refractivity contribution in [3.8, 4) is 0 Å². The molecule has 1 unspecified atom stereocenters. The van der Waals surface area contributed by atoms with Gasteiger partial charge in [0.15, 0.2) is 0 Å². The fourth-order valence-corrected chi connectivity index (χ4v) is 1.74. The van der Waals surface area contributed by atoms with Gasteiger partial charge < -0.3 is 15.2 Å². The predicted molar refractivity (Wildman–Crippen MR) is 76.7 cm³/mol. The van der Waals surface area contributed by atoms with E-state index in [1.165, 1.54) is 0 Å². The van der Waals surface area contributed by atoms with Crippen LogP contribution in [0.2, 0.25) is 10.0 Å². The highest BCUT2D eigenvalue weighted by atomic mass is 35.5. The standard InChI is InChI=1S/C13H19Cl2NO2/c1-13(2,3)18-8-10(17)7-16-12-5-4-9(14)6-11(12)15/h4-6,10,16-17H,7-8H2,1-3H3. The van der Waals surface area contributed by atoms with E-state index in [1.54, 1.807) is 18.2 Å². The highest BCUT2D eigenvalue weighted by molar-refractivity contribution is 6.36. The smallest absolute Gasteiger partial charge is 0.0945 e. The van der Waals surface area contributed by atoms with Crippen LogP contribution >= 0.6 is 23.2 Å². The van der Waals surface area contributed by atoms with Crippen molar-refractivity contribution in [2.75, 3.05) is 18.5 Å². The van der Waals surface area contributed by atoms with Crippen LogP contribution < -0.4 is 5.32 Å². The van der Waals surface area contributed by atoms with Gasteiger partial charge in [-0.1, -0.05) is 23.2 Å². The minimum Gasteiger partial charge on any atom is -0.389 e. The van der Waals surface area contributed by atoms with Gasteiger partial charge in [0.05, 0.1) is 29.0 Å². The van der Waals surface area contributed by atoms with Crippen LogP contribution in [0.15, 0.2) is 18.2 Å². The predicted octanol–water partition coefficient (Wildman–Crippen LogP) is 3.58. The van der Waals surface area contributed by atoms with Gasteiger partial charge in [-0.25, -0.2) is 0 Å². The van der Waals surface area contributed by atoms with E-state index in [9.17, 15) is 5.11 Å². The Kier molecular flexibility index (Phi) is 5.73. The minimum absolute atomic E-state index is 0.251. The summed E-state index contributed by atoms with van der Waals surface area (Å²) in [4.78, 5) is 0. The second kappa shape index (κ2) is 6.62. The highest BCUT2D eigenvalue weighted by Crippen LogP contribution is 2.25. The van der Waals surface area contributed by atoms with Crippen molar-refractivity contribution >= 4 is 28.9 Å². The first-order chi connectivity index (χ1) is 8.28. The second-order valence-corrected chi connectivity index (χ2v) is 5.93. The van der Waals surface area contributed by atoms with Crippen LogP contribution in [0, 0.1) is 0 Å². The zero-order chi connectivity index (χ0) is 13.8. The molecule has 18 heavy (non-hydrogen) atoms. The number of anilines is 1. The number of halogens is 2. The number of aliphatic hydroxyl groups is 1.